The molecule has 0 spiro atoms. The van der Waals surface area contributed by atoms with Crippen LogP contribution in [0.25, 0.3) is 11.3 Å². The second-order valence-electron chi connectivity index (χ2n) is 3.49. The Morgan fingerprint density at radius 2 is 2.22 bits per heavy atom. The number of carbonyl (C=O) groups is 1. The molecule has 0 saturated carbocycles. The van der Waals surface area contributed by atoms with Crippen molar-refractivity contribution in [3.8, 4) is 17.0 Å². The van der Waals surface area contributed by atoms with Gasteiger partial charge in [-0.05, 0) is 19.1 Å². The molecule has 0 saturated heterocycles. The lowest BCUT2D eigenvalue weighted by molar-refractivity contribution is 0.0996. The molecule has 1 aromatic heterocycles. The van der Waals surface area contributed by atoms with Gasteiger partial charge in [-0.25, -0.2) is 4.39 Å². The molecule has 0 radical (unpaired) electrons. The highest BCUT2D eigenvalue weighted by Gasteiger charge is 2.16. The van der Waals surface area contributed by atoms with Gasteiger partial charge in [0.05, 0.1) is 6.61 Å². The molecule has 0 fully saturated rings. The van der Waals surface area contributed by atoms with Crippen LogP contribution in [0.4, 0.5) is 4.39 Å². The van der Waals surface area contributed by atoms with E-state index >= 15 is 0 Å². The molecule has 3 N–H and O–H groups in total. The summed E-state index contributed by atoms with van der Waals surface area (Å²) in [5.74, 6) is -0.874. The molecule has 0 aliphatic carbocycles. The minimum absolute atomic E-state index is 0.0388. The number of primary amides is 1. The second-order valence-corrected chi connectivity index (χ2v) is 3.49. The molecule has 2 aromatic rings. The van der Waals surface area contributed by atoms with Crippen molar-refractivity contribution in [3.05, 3.63) is 29.7 Å². The highest BCUT2D eigenvalue weighted by Crippen LogP contribution is 2.25. The highest BCUT2D eigenvalue weighted by atomic mass is 19.1. The summed E-state index contributed by atoms with van der Waals surface area (Å²) in [6.45, 7) is 2.19. The van der Waals surface area contributed by atoms with Crippen LogP contribution in [0.2, 0.25) is 0 Å². The number of hydrogen-bond donors (Lipinski definition) is 2. The number of halogens is 1. The van der Waals surface area contributed by atoms with E-state index in [2.05, 4.69) is 15.4 Å². The van der Waals surface area contributed by atoms with Crippen molar-refractivity contribution in [1.82, 2.24) is 15.4 Å². The number of carbonyl (C=O) groups excluding carboxylic acids is 1. The summed E-state index contributed by atoms with van der Waals surface area (Å²) in [5, 5.41) is 9.70. The molecule has 18 heavy (non-hydrogen) atoms. The van der Waals surface area contributed by atoms with Gasteiger partial charge in [0.15, 0.2) is 5.69 Å². The summed E-state index contributed by atoms with van der Waals surface area (Å²) in [5.41, 5.74) is 5.68. The molecule has 1 amide bonds. The van der Waals surface area contributed by atoms with E-state index in [1.165, 1.54) is 12.1 Å². The third-order valence-electron chi connectivity index (χ3n) is 2.24. The number of nitrogens with one attached hydrogen (secondary N) is 1. The normalized spacial score (nSPS) is 10.3. The van der Waals surface area contributed by atoms with Gasteiger partial charge in [-0.2, -0.15) is 15.4 Å². The number of ether oxygens (including phenoxy) is 1. The quantitative estimate of drug-likeness (QED) is 0.849. The number of nitrogens with two attached hydrogens (primary N) is 1. The number of benzene rings is 1. The van der Waals surface area contributed by atoms with Gasteiger partial charge in [-0.3, -0.25) is 4.79 Å². The Morgan fingerprint density at radius 1 is 1.44 bits per heavy atom. The van der Waals surface area contributed by atoms with Crippen molar-refractivity contribution in [1.29, 1.82) is 0 Å². The summed E-state index contributed by atoms with van der Waals surface area (Å²) < 4.78 is 18.6. The molecular formula is C11H11FN4O2. The minimum Gasteiger partial charge on any atom is -0.494 e. The Kier molecular flexibility index (Phi) is 3.22. The molecule has 2 rings (SSSR count). The van der Waals surface area contributed by atoms with Crippen molar-refractivity contribution < 1.29 is 13.9 Å². The topological polar surface area (TPSA) is 93.9 Å². The largest absolute Gasteiger partial charge is 0.494 e. The Bertz CT molecular complexity index is 582. The lowest BCUT2D eigenvalue weighted by Gasteiger charge is -2.05. The zero-order valence-electron chi connectivity index (χ0n) is 9.61. The summed E-state index contributed by atoms with van der Waals surface area (Å²) in [4.78, 5) is 11.1. The Hall–Kier alpha value is -2.44. The number of H-pyrrole nitrogens is 1. The molecule has 0 bridgehead atoms. The van der Waals surface area contributed by atoms with Crippen LogP contribution in [0.1, 0.15) is 17.4 Å². The molecule has 0 unspecified atom stereocenters. The van der Waals surface area contributed by atoms with Gasteiger partial charge in [-0.1, -0.05) is 0 Å². The van der Waals surface area contributed by atoms with Gasteiger partial charge in [-0.15, -0.1) is 0 Å². The molecule has 7 heteroatoms. The van der Waals surface area contributed by atoms with Crippen LogP contribution >= 0.6 is 0 Å². The third-order valence-corrected chi connectivity index (χ3v) is 2.24. The maximum absolute atomic E-state index is 13.4. The zero-order chi connectivity index (χ0) is 13.1. The highest BCUT2D eigenvalue weighted by molar-refractivity contribution is 5.96. The minimum atomic E-state index is -0.735. The average Bonchev–Trinajstić information content (AvgIpc) is 2.77. The summed E-state index contributed by atoms with van der Waals surface area (Å²) in [6.07, 6.45) is 0. The van der Waals surface area contributed by atoms with Crippen LogP contribution in [0.3, 0.4) is 0 Å². The molecule has 1 heterocycles. The number of nitrogens with zero attached hydrogens (tertiary/aromatic N) is 2. The van der Waals surface area contributed by atoms with Crippen molar-refractivity contribution in [3.63, 3.8) is 0 Å². The first-order valence-electron chi connectivity index (χ1n) is 5.26. The summed E-state index contributed by atoms with van der Waals surface area (Å²) in [7, 11) is 0. The van der Waals surface area contributed by atoms with Crippen molar-refractivity contribution in [2.24, 2.45) is 5.73 Å². The first-order chi connectivity index (χ1) is 8.61. The summed E-state index contributed by atoms with van der Waals surface area (Å²) in [6, 6.07) is 4.04. The Morgan fingerprint density at radius 3 is 2.89 bits per heavy atom. The predicted octanol–water partition coefficient (Wildman–Crippen LogP) is 1.11. The fourth-order valence-corrected chi connectivity index (χ4v) is 1.55. The molecule has 6 nitrogen and oxygen atoms in total. The number of aromatic amines is 1. The van der Waals surface area contributed by atoms with E-state index in [-0.39, 0.29) is 11.4 Å². The first kappa shape index (κ1) is 12.0. The second kappa shape index (κ2) is 4.82. The van der Waals surface area contributed by atoms with Crippen LogP contribution in [0.5, 0.6) is 5.75 Å². The maximum Gasteiger partial charge on any atom is 0.271 e. The smallest absolute Gasteiger partial charge is 0.271 e. The van der Waals surface area contributed by atoms with Crippen molar-refractivity contribution in [2.75, 3.05) is 6.61 Å². The van der Waals surface area contributed by atoms with E-state index in [4.69, 9.17) is 10.5 Å². The van der Waals surface area contributed by atoms with E-state index in [0.29, 0.717) is 17.9 Å². The molecule has 94 valence electrons. The van der Waals surface area contributed by atoms with E-state index in [0.717, 1.165) is 0 Å². The average molecular weight is 250 g/mol. The van der Waals surface area contributed by atoms with Crippen LogP contribution < -0.4 is 10.5 Å². The standard InChI is InChI=1S/C11H11FN4O2/c1-2-18-8-4-6(3-7(12)5-8)9-10(11(13)17)15-16-14-9/h3-5H,2H2,1H3,(H2,13,17)(H,14,15,16). The molecule has 0 aliphatic rings. The Balaban J connectivity index is 2.49. The first-order valence-corrected chi connectivity index (χ1v) is 5.26. The maximum atomic E-state index is 13.4. The van der Waals surface area contributed by atoms with Gasteiger partial charge in [0.25, 0.3) is 5.91 Å². The van der Waals surface area contributed by atoms with Crippen molar-refractivity contribution >= 4 is 5.91 Å². The van der Waals surface area contributed by atoms with Crippen LogP contribution in [0.15, 0.2) is 18.2 Å². The molecule has 0 aliphatic heterocycles. The van der Waals surface area contributed by atoms with Gasteiger partial charge in [0.1, 0.15) is 17.3 Å². The molecule has 0 atom stereocenters. The molecular weight excluding hydrogens is 239 g/mol. The number of amides is 1. The predicted molar refractivity (Wildman–Crippen MR) is 61.5 cm³/mol. The monoisotopic (exact) mass is 250 g/mol. The van der Waals surface area contributed by atoms with Crippen molar-refractivity contribution in [2.45, 2.75) is 6.92 Å². The van der Waals surface area contributed by atoms with E-state index in [1.807, 2.05) is 0 Å². The van der Waals surface area contributed by atoms with Gasteiger partial charge < -0.3 is 10.5 Å². The van der Waals surface area contributed by atoms with Gasteiger partial charge in [0, 0.05) is 11.6 Å². The number of rotatable bonds is 4. The van der Waals surface area contributed by atoms with Crippen LogP contribution in [-0.4, -0.2) is 27.9 Å². The number of aromatic nitrogens is 3. The van der Waals surface area contributed by atoms with Crippen LogP contribution in [-0.2, 0) is 0 Å². The van der Waals surface area contributed by atoms with E-state index in [1.54, 1.807) is 13.0 Å². The zero-order valence-corrected chi connectivity index (χ0v) is 9.61. The van der Waals surface area contributed by atoms with Gasteiger partial charge >= 0.3 is 0 Å². The van der Waals surface area contributed by atoms with E-state index < -0.39 is 11.7 Å². The summed E-state index contributed by atoms with van der Waals surface area (Å²) >= 11 is 0. The fourth-order valence-electron chi connectivity index (χ4n) is 1.55. The Labute approximate surface area is 102 Å². The SMILES string of the molecule is CCOc1cc(F)cc(-c2n[nH]nc2C(N)=O)c1. The number of hydrogen-bond acceptors (Lipinski definition) is 4. The van der Waals surface area contributed by atoms with Crippen LogP contribution in [0, 0.1) is 5.82 Å². The third kappa shape index (κ3) is 2.29. The lowest BCUT2D eigenvalue weighted by atomic mass is 10.1. The fraction of sp³-hybridized carbons (Fsp3) is 0.182. The lowest BCUT2D eigenvalue weighted by Crippen LogP contribution is -2.12. The molecule has 1 aromatic carbocycles. The van der Waals surface area contributed by atoms with E-state index in [9.17, 15) is 9.18 Å². The van der Waals surface area contributed by atoms with Gasteiger partial charge in [0.2, 0.25) is 0 Å².